The summed E-state index contributed by atoms with van der Waals surface area (Å²) in [6, 6.07) is 8.67. The van der Waals surface area contributed by atoms with Crippen molar-refractivity contribution in [3.63, 3.8) is 0 Å². The van der Waals surface area contributed by atoms with Gasteiger partial charge in [0.15, 0.2) is 0 Å². The van der Waals surface area contributed by atoms with Crippen molar-refractivity contribution in [2.24, 2.45) is 0 Å². The molecule has 2 fully saturated rings. The van der Waals surface area contributed by atoms with Gasteiger partial charge in [-0.15, -0.1) is 0 Å². The number of hydrogen-bond acceptors (Lipinski definition) is 3. The Labute approximate surface area is 129 Å². The summed E-state index contributed by atoms with van der Waals surface area (Å²) in [5.41, 5.74) is 4.65. The topological polar surface area (TPSA) is 48.5 Å². The lowest BCUT2D eigenvalue weighted by molar-refractivity contribution is 0.198. The van der Waals surface area contributed by atoms with Gasteiger partial charge in [-0.2, -0.15) is 0 Å². The van der Waals surface area contributed by atoms with E-state index in [1.54, 1.807) is 0 Å². The molecule has 2 aliphatic rings. The van der Waals surface area contributed by atoms with Crippen LogP contribution >= 0.6 is 0 Å². The third-order valence-corrected chi connectivity index (χ3v) is 4.89. The molecule has 0 radical (unpaired) electrons. The van der Waals surface area contributed by atoms with E-state index in [1.165, 1.54) is 16.6 Å². The van der Waals surface area contributed by atoms with Gasteiger partial charge in [0.1, 0.15) is 0 Å². The average Bonchev–Trinajstić information content (AvgIpc) is 2.89. The number of benzene rings is 1. The van der Waals surface area contributed by atoms with Crippen LogP contribution in [0.1, 0.15) is 11.3 Å². The van der Waals surface area contributed by atoms with Crippen molar-refractivity contribution < 1.29 is 4.79 Å². The number of para-hydroxylation sites is 1. The molecule has 5 heteroatoms. The van der Waals surface area contributed by atoms with Crippen LogP contribution in [0.5, 0.6) is 0 Å². The molecular weight excluding hydrogens is 276 g/mol. The van der Waals surface area contributed by atoms with Gasteiger partial charge in [0.05, 0.1) is 17.2 Å². The van der Waals surface area contributed by atoms with Crippen LogP contribution in [0.25, 0.3) is 10.9 Å². The molecule has 0 saturated carbocycles. The van der Waals surface area contributed by atoms with Crippen LogP contribution in [0.4, 0.5) is 10.5 Å². The van der Waals surface area contributed by atoms with Gasteiger partial charge in [0, 0.05) is 37.3 Å². The first-order chi connectivity index (χ1) is 10.6. The fraction of sp³-hybridized carbons (Fsp3) is 0.412. The number of hydrogen-bond donors (Lipinski definition) is 1. The Hall–Kier alpha value is -2.30. The minimum atomic E-state index is 0.0807. The SMILES string of the molecule is Cc1nc2ccccc2c(N2CCN3C(=O)NC[C@H]3C2)c1C. The Bertz CT molecular complexity index is 758. The summed E-state index contributed by atoms with van der Waals surface area (Å²) >= 11 is 0. The van der Waals surface area contributed by atoms with Crippen molar-refractivity contribution in [1.29, 1.82) is 0 Å². The van der Waals surface area contributed by atoms with Crippen LogP contribution in [0.15, 0.2) is 24.3 Å². The molecule has 2 aliphatic heterocycles. The minimum Gasteiger partial charge on any atom is -0.367 e. The number of fused-ring (bicyclic) bond motifs is 2. The van der Waals surface area contributed by atoms with Crippen LogP contribution in [0, 0.1) is 13.8 Å². The van der Waals surface area contributed by atoms with Crippen LogP contribution in [0.2, 0.25) is 0 Å². The van der Waals surface area contributed by atoms with Crippen LogP contribution < -0.4 is 10.2 Å². The molecule has 2 saturated heterocycles. The normalized spacial score (nSPS) is 21.2. The number of nitrogens with one attached hydrogen (secondary N) is 1. The molecule has 114 valence electrons. The maximum atomic E-state index is 11.8. The maximum Gasteiger partial charge on any atom is 0.317 e. The third-order valence-electron chi connectivity index (χ3n) is 4.89. The second kappa shape index (κ2) is 4.87. The van der Waals surface area contributed by atoms with Crippen LogP contribution in [0.3, 0.4) is 0 Å². The van der Waals surface area contributed by atoms with Gasteiger partial charge < -0.3 is 15.1 Å². The van der Waals surface area contributed by atoms with Crippen LogP contribution in [-0.2, 0) is 0 Å². The highest BCUT2D eigenvalue weighted by atomic mass is 16.2. The van der Waals surface area contributed by atoms with Crippen LogP contribution in [-0.4, -0.2) is 48.1 Å². The van der Waals surface area contributed by atoms with Gasteiger partial charge in [0.2, 0.25) is 0 Å². The first-order valence-electron chi connectivity index (χ1n) is 7.80. The number of pyridine rings is 1. The number of nitrogens with zero attached hydrogens (tertiary/aromatic N) is 3. The van der Waals surface area contributed by atoms with Crippen molar-refractivity contribution in [3.05, 3.63) is 35.5 Å². The van der Waals surface area contributed by atoms with Gasteiger partial charge in [-0.1, -0.05) is 18.2 Å². The molecule has 2 aromatic rings. The molecule has 0 spiro atoms. The highest BCUT2D eigenvalue weighted by Crippen LogP contribution is 2.33. The molecular formula is C17H20N4O. The smallest absolute Gasteiger partial charge is 0.317 e. The Morgan fingerprint density at radius 3 is 2.91 bits per heavy atom. The first-order valence-corrected chi connectivity index (χ1v) is 7.80. The minimum absolute atomic E-state index is 0.0807. The molecule has 22 heavy (non-hydrogen) atoms. The lowest BCUT2D eigenvalue weighted by Crippen LogP contribution is -2.52. The van der Waals surface area contributed by atoms with E-state index < -0.39 is 0 Å². The fourth-order valence-corrected chi connectivity index (χ4v) is 3.62. The maximum absolute atomic E-state index is 11.8. The number of aryl methyl sites for hydroxylation is 1. The standard InChI is InChI=1S/C17H20N4O/c1-11-12(2)19-15-6-4-3-5-14(15)16(11)20-7-8-21-13(10-20)9-18-17(21)22/h3-6,13H,7-10H2,1-2H3,(H,18,22)/t13-/m0/s1. The van der Waals surface area contributed by atoms with Gasteiger partial charge >= 0.3 is 6.03 Å². The molecule has 0 aliphatic carbocycles. The predicted molar refractivity (Wildman–Crippen MR) is 87.3 cm³/mol. The number of carbonyl (C=O) groups excluding carboxylic acids is 1. The zero-order valence-corrected chi connectivity index (χ0v) is 13.0. The second-order valence-electron chi connectivity index (χ2n) is 6.17. The highest BCUT2D eigenvalue weighted by Gasteiger charge is 2.36. The first kappa shape index (κ1) is 13.4. The lowest BCUT2D eigenvalue weighted by Gasteiger charge is -2.39. The molecule has 1 atom stereocenters. The number of rotatable bonds is 1. The Morgan fingerprint density at radius 1 is 1.23 bits per heavy atom. The second-order valence-corrected chi connectivity index (χ2v) is 6.17. The summed E-state index contributed by atoms with van der Waals surface area (Å²) in [6.07, 6.45) is 0. The van der Waals surface area contributed by atoms with Gasteiger partial charge in [-0.3, -0.25) is 4.98 Å². The number of amides is 2. The van der Waals surface area contributed by atoms with Crippen molar-refractivity contribution in [2.75, 3.05) is 31.1 Å². The van der Waals surface area contributed by atoms with E-state index in [4.69, 9.17) is 4.98 Å². The third kappa shape index (κ3) is 1.92. The summed E-state index contributed by atoms with van der Waals surface area (Å²) in [6.45, 7) is 7.50. The highest BCUT2D eigenvalue weighted by molar-refractivity contribution is 5.94. The summed E-state index contributed by atoms with van der Waals surface area (Å²) < 4.78 is 0. The van der Waals surface area contributed by atoms with E-state index in [0.29, 0.717) is 0 Å². The molecule has 4 rings (SSSR count). The fourth-order valence-electron chi connectivity index (χ4n) is 3.62. The summed E-state index contributed by atoms with van der Waals surface area (Å²) in [4.78, 5) is 20.9. The molecule has 3 heterocycles. The quantitative estimate of drug-likeness (QED) is 0.876. The number of carbonyl (C=O) groups is 1. The van der Waals surface area contributed by atoms with Crippen molar-refractivity contribution in [2.45, 2.75) is 19.9 Å². The molecule has 1 aromatic heterocycles. The number of aromatic nitrogens is 1. The van der Waals surface area contributed by atoms with Gasteiger partial charge in [-0.25, -0.2) is 4.79 Å². The summed E-state index contributed by atoms with van der Waals surface area (Å²) in [5.74, 6) is 0. The van der Waals surface area contributed by atoms with E-state index in [1.807, 2.05) is 11.0 Å². The average molecular weight is 296 g/mol. The molecule has 1 N–H and O–H groups in total. The predicted octanol–water partition coefficient (Wildman–Crippen LogP) is 2.07. The van der Waals surface area contributed by atoms with Crippen molar-refractivity contribution in [1.82, 2.24) is 15.2 Å². The van der Waals surface area contributed by atoms with Gasteiger partial charge in [-0.05, 0) is 25.5 Å². The largest absolute Gasteiger partial charge is 0.367 e. The van der Waals surface area contributed by atoms with E-state index in [2.05, 4.69) is 42.3 Å². The number of anilines is 1. The van der Waals surface area contributed by atoms with Crippen molar-refractivity contribution in [3.8, 4) is 0 Å². The Balaban J connectivity index is 1.78. The van der Waals surface area contributed by atoms with Gasteiger partial charge in [0.25, 0.3) is 0 Å². The number of piperazine rings is 1. The lowest BCUT2D eigenvalue weighted by atomic mass is 10.0. The molecule has 0 unspecified atom stereocenters. The molecule has 1 aromatic carbocycles. The number of urea groups is 1. The zero-order valence-electron chi connectivity index (χ0n) is 13.0. The van der Waals surface area contributed by atoms with Crippen molar-refractivity contribution >= 4 is 22.6 Å². The zero-order chi connectivity index (χ0) is 15.3. The van der Waals surface area contributed by atoms with E-state index >= 15 is 0 Å². The Kier molecular flexibility index (Phi) is 2.96. The molecule has 0 bridgehead atoms. The molecule has 2 amide bonds. The summed E-state index contributed by atoms with van der Waals surface area (Å²) in [5, 5.41) is 4.15. The Morgan fingerprint density at radius 2 is 2.05 bits per heavy atom. The molecule has 5 nitrogen and oxygen atoms in total. The van der Waals surface area contributed by atoms with E-state index in [0.717, 1.165) is 37.4 Å². The van der Waals surface area contributed by atoms with E-state index in [-0.39, 0.29) is 12.1 Å². The monoisotopic (exact) mass is 296 g/mol. The van der Waals surface area contributed by atoms with E-state index in [9.17, 15) is 4.79 Å². The summed E-state index contributed by atoms with van der Waals surface area (Å²) in [7, 11) is 0.